The SMILES string of the molecule is CCC1(C)CCN(C(=O)N[C@H](C)C(=O)O)CC1. The van der Waals surface area contributed by atoms with Gasteiger partial charge in [-0.15, -0.1) is 0 Å². The van der Waals surface area contributed by atoms with Gasteiger partial charge in [-0.1, -0.05) is 20.3 Å². The van der Waals surface area contributed by atoms with E-state index in [-0.39, 0.29) is 6.03 Å². The Hall–Kier alpha value is -1.26. The number of urea groups is 1. The van der Waals surface area contributed by atoms with Crippen LogP contribution in [0.3, 0.4) is 0 Å². The maximum absolute atomic E-state index is 11.8. The van der Waals surface area contributed by atoms with E-state index in [0.29, 0.717) is 18.5 Å². The summed E-state index contributed by atoms with van der Waals surface area (Å²) in [5, 5.41) is 11.2. The number of carboxylic acids is 1. The third-order valence-corrected chi connectivity index (χ3v) is 3.82. The molecule has 1 atom stereocenters. The third-order valence-electron chi connectivity index (χ3n) is 3.82. The van der Waals surface area contributed by atoms with Crippen LogP contribution in [-0.4, -0.2) is 41.1 Å². The zero-order valence-corrected chi connectivity index (χ0v) is 10.8. The number of hydrogen-bond acceptors (Lipinski definition) is 2. The van der Waals surface area contributed by atoms with Crippen molar-refractivity contribution in [2.45, 2.75) is 46.1 Å². The predicted octanol–water partition coefficient (Wildman–Crippen LogP) is 1.68. The van der Waals surface area contributed by atoms with Crippen molar-refractivity contribution >= 4 is 12.0 Å². The molecule has 0 unspecified atom stereocenters. The number of nitrogens with one attached hydrogen (secondary N) is 1. The first-order valence-electron chi connectivity index (χ1n) is 6.16. The summed E-state index contributed by atoms with van der Waals surface area (Å²) < 4.78 is 0. The van der Waals surface area contributed by atoms with E-state index in [1.165, 1.54) is 6.92 Å². The Balaban J connectivity index is 2.44. The lowest BCUT2D eigenvalue weighted by Crippen LogP contribution is -2.50. The van der Waals surface area contributed by atoms with Crippen LogP contribution in [0.4, 0.5) is 4.79 Å². The van der Waals surface area contributed by atoms with Crippen molar-refractivity contribution < 1.29 is 14.7 Å². The molecule has 0 aliphatic carbocycles. The predicted molar refractivity (Wildman–Crippen MR) is 64.8 cm³/mol. The molecule has 2 amide bonds. The minimum Gasteiger partial charge on any atom is -0.480 e. The lowest BCUT2D eigenvalue weighted by Gasteiger charge is -2.39. The number of aliphatic carboxylic acids is 1. The monoisotopic (exact) mass is 242 g/mol. The molecule has 5 nitrogen and oxygen atoms in total. The molecule has 5 heteroatoms. The molecule has 1 heterocycles. The van der Waals surface area contributed by atoms with Gasteiger partial charge in [0.1, 0.15) is 6.04 Å². The fraction of sp³-hybridized carbons (Fsp3) is 0.833. The molecule has 1 rings (SSSR count). The highest BCUT2D eigenvalue weighted by molar-refractivity contribution is 5.82. The Kier molecular flexibility index (Phi) is 4.37. The van der Waals surface area contributed by atoms with Gasteiger partial charge in [-0.05, 0) is 25.2 Å². The fourth-order valence-corrected chi connectivity index (χ4v) is 1.94. The second-order valence-corrected chi connectivity index (χ2v) is 5.16. The second kappa shape index (κ2) is 5.38. The highest BCUT2D eigenvalue weighted by atomic mass is 16.4. The number of nitrogens with zero attached hydrogens (tertiary/aromatic N) is 1. The first-order chi connectivity index (χ1) is 7.88. The summed E-state index contributed by atoms with van der Waals surface area (Å²) in [5.41, 5.74) is 0.329. The van der Waals surface area contributed by atoms with Gasteiger partial charge in [0, 0.05) is 13.1 Å². The van der Waals surface area contributed by atoms with Crippen molar-refractivity contribution in [1.29, 1.82) is 0 Å². The number of carbonyl (C=O) groups excluding carboxylic acids is 1. The van der Waals surface area contributed by atoms with E-state index < -0.39 is 12.0 Å². The van der Waals surface area contributed by atoms with Crippen molar-refractivity contribution in [3.63, 3.8) is 0 Å². The van der Waals surface area contributed by atoms with E-state index in [0.717, 1.165) is 19.3 Å². The molecule has 98 valence electrons. The number of carboxylic acid groups (broad SMARTS) is 1. The lowest BCUT2D eigenvalue weighted by atomic mass is 9.78. The molecule has 2 N–H and O–H groups in total. The van der Waals surface area contributed by atoms with E-state index in [4.69, 9.17) is 5.11 Å². The Morgan fingerprint density at radius 3 is 2.35 bits per heavy atom. The molecule has 17 heavy (non-hydrogen) atoms. The minimum atomic E-state index is -1.01. The molecule has 1 aliphatic heterocycles. The first kappa shape index (κ1) is 13.8. The van der Waals surface area contributed by atoms with Crippen LogP contribution < -0.4 is 5.32 Å². The largest absolute Gasteiger partial charge is 0.480 e. The number of rotatable bonds is 3. The van der Waals surface area contributed by atoms with E-state index in [2.05, 4.69) is 19.2 Å². The van der Waals surface area contributed by atoms with Crippen molar-refractivity contribution in [2.24, 2.45) is 5.41 Å². The maximum Gasteiger partial charge on any atom is 0.325 e. The Bertz CT molecular complexity index is 296. The van der Waals surface area contributed by atoms with Crippen molar-refractivity contribution in [1.82, 2.24) is 10.2 Å². The summed E-state index contributed by atoms with van der Waals surface area (Å²) in [4.78, 5) is 24.1. The van der Waals surface area contributed by atoms with Gasteiger partial charge < -0.3 is 15.3 Å². The normalized spacial score (nSPS) is 20.8. The Labute approximate surface area is 102 Å². The highest BCUT2D eigenvalue weighted by Gasteiger charge is 2.30. The Morgan fingerprint density at radius 2 is 1.94 bits per heavy atom. The third kappa shape index (κ3) is 3.61. The molecule has 0 saturated carbocycles. The summed E-state index contributed by atoms with van der Waals surface area (Å²) >= 11 is 0. The van der Waals surface area contributed by atoms with Crippen molar-refractivity contribution in [2.75, 3.05) is 13.1 Å². The quantitative estimate of drug-likeness (QED) is 0.791. The molecule has 0 aromatic heterocycles. The molecular formula is C12H22N2O3. The summed E-state index contributed by atoms with van der Waals surface area (Å²) in [6, 6.07) is -1.10. The number of hydrogen-bond donors (Lipinski definition) is 2. The maximum atomic E-state index is 11.8. The molecule has 0 spiro atoms. The van der Waals surface area contributed by atoms with Crippen LogP contribution in [0.5, 0.6) is 0 Å². The number of amides is 2. The van der Waals surface area contributed by atoms with Gasteiger partial charge in [0.25, 0.3) is 0 Å². The van der Waals surface area contributed by atoms with E-state index in [1.54, 1.807) is 4.90 Å². The first-order valence-corrected chi connectivity index (χ1v) is 6.16. The summed E-state index contributed by atoms with van der Waals surface area (Å²) in [7, 11) is 0. The minimum absolute atomic E-state index is 0.266. The molecular weight excluding hydrogens is 220 g/mol. The van der Waals surface area contributed by atoms with Gasteiger partial charge in [-0.3, -0.25) is 4.79 Å². The Morgan fingerprint density at radius 1 is 1.41 bits per heavy atom. The van der Waals surface area contributed by atoms with E-state index in [1.807, 2.05) is 0 Å². The smallest absolute Gasteiger partial charge is 0.325 e. The van der Waals surface area contributed by atoms with Gasteiger partial charge in [-0.25, -0.2) is 4.79 Å². The molecule has 1 saturated heterocycles. The fourth-order valence-electron chi connectivity index (χ4n) is 1.94. The van der Waals surface area contributed by atoms with Gasteiger partial charge in [-0.2, -0.15) is 0 Å². The van der Waals surface area contributed by atoms with Crippen molar-refractivity contribution in [3.8, 4) is 0 Å². The van der Waals surface area contributed by atoms with Crippen LogP contribution in [0.2, 0.25) is 0 Å². The molecule has 1 fully saturated rings. The standard InChI is InChI=1S/C12H22N2O3/c1-4-12(3)5-7-14(8-6-12)11(17)13-9(2)10(15)16/h9H,4-8H2,1-3H3,(H,13,17)(H,15,16)/t9-/m1/s1. The average molecular weight is 242 g/mol. The van der Waals surface area contributed by atoms with Crippen LogP contribution in [0.1, 0.15) is 40.0 Å². The van der Waals surface area contributed by atoms with Gasteiger partial charge in [0.2, 0.25) is 0 Å². The molecule has 1 aliphatic rings. The van der Waals surface area contributed by atoms with Crippen molar-refractivity contribution in [3.05, 3.63) is 0 Å². The molecule has 0 aromatic carbocycles. The van der Waals surface area contributed by atoms with Crippen LogP contribution >= 0.6 is 0 Å². The summed E-state index contributed by atoms with van der Waals surface area (Å²) in [6.45, 7) is 7.30. The van der Waals surface area contributed by atoms with Crippen LogP contribution in [-0.2, 0) is 4.79 Å². The van der Waals surface area contributed by atoms with Crippen LogP contribution in [0, 0.1) is 5.41 Å². The summed E-state index contributed by atoms with van der Waals surface area (Å²) in [5.74, 6) is -1.01. The summed E-state index contributed by atoms with van der Waals surface area (Å²) in [6.07, 6.45) is 3.09. The highest BCUT2D eigenvalue weighted by Crippen LogP contribution is 2.33. The number of carbonyl (C=O) groups is 2. The van der Waals surface area contributed by atoms with Gasteiger partial charge in [0.05, 0.1) is 0 Å². The topological polar surface area (TPSA) is 69.6 Å². The average Bonchev–Trinajstić information content (AvgIpc) is 2.29. The molecule has 0 radical (unpaired) electrons. The molecule has 0 bridgehead atoms. The van der Waals surface area contributed by atoms with Crippen LogP contribution in [0.25, 0.3) is 0 Å². The van der Waals surface area contributed by atoms with Gasteiger partial charge >= 0.3 is 12.0 Å². The lowest BCUT2D eigenvalue weighted by molar-refractivity contribution is -0.138. The zero-order chi connectivity index (χ0) is 13.1. The number of likely N-dealkylation sites (tertiary alicyclic amines) is 1. The molecule has 0 aromatic rings. The van der Waals surface area contributed by atoms with Crippen LogP contribution in [0.15, 0.2) is 0 Å². The number of piperidine rings is 1. The second-order valence-electron chi connectivity index (χ2n) is 5.16. The van der Waals surface area contributed by atoms with E-state index >= 15 is 0 Å². The van der Waals surface area contributed by atoms with E-state index in [9.17, 15) is 9.59 Å². The van der Waals surface area contributed by atoms with Gasteiger partial charge in [0.15, 0.2) is 0 Å². The zero-order valence-electron chi connectivity index (χ0n) is 10.8.